The zero-order valence-corrected chi connectivity index (χ0v) is 8.56. The van der Waals surface area contributed by atoms with Gasteiger partial charge in [-0.1, -0.05) is 12.1 Å². The third-order valence-corrected chi connectivity index (χ3v) is 2.44. The molecule has 0 amide bonds. The van der Waals surface area contributed by atoms with E-state index in [0.29, 0.717) is 0 Å². The molecule has 0 bridgehead atoms. The molecule has 0 aliphatic heterocycles. The zero-order valence-electron chi connectivity index (χ0n) is 8.56. The van der Waals surface area contributed by atoms with Crippen molar-refractivity contribution in [2.45, 2.75) is 19.6 Å². The van der Waals surface area contributed by atoms with Crippen LogP contribution in [0.1, 0.15) is 12.0 Å². The predicted octanol–water partition coefficient (Wildman–Crippen LogP) is 2.10. The summed E-state index contributed by atoms with van der Waals surface area (Å²) in [4.78, 5) is 4.30. The number of benzene rings is 1. The van der Waals surface area contributed by atoms with Crippen LogP contribution in [0, 0.1) is 0 Å². The van der Waals surface area contributed by atoms with Crippen molar-refractivity contribution in [3.8, 4) is 0 Å². The summed E-state index contributed by atoms with van der Waals surface area (Å²) in [6, 6.07) is 5.84. The number of rotatable bonds is 4. The van der Waals surface area contributed by atoms with Gasteiger partial charge in [-0.2, -0.15) is 0 Å². The fourth-order valence-corrected chi connectivity index (χ4v) is 1.62. The van der Waals surface area contributed by atoms with Crippen LogP contribution in [-0.2, 0) is 13.2 Å². The molecule has 15 heavy (non-hydrogen) atoms. The fourth-order valence-electron chi connectivity index (χ4n) is 1.62. The van der Waals surface area contributed by atoms with Crippen LogP contribution in [0.3, 0.4) is 0 Å². The molecule has 0 aliphatic rings. The van der Waals surface area contributed by atoms with Gasteiger partial charge in [0, 0.05) is 6.54 Å². The van der Waals surface area contributed by atoms with Gasteiger partial charge in [-0.3, -0.25) is 0 Å². The first kappa shape index (κ1) is 9.93. The number of nitrogens with zero attached hydrogens (tertiary/aromatic N) is 2. The number of allylic oxidation sites excluding steroid dienone is 1. The van der Waals surface area contributed by atoms with Crippen molar-refractivity contribution in [1.82, 2.24) is 9.55 Å². The molecule has 3 heteroatoms. The molecule has 0 aliphatic carbocycles. The van der Waals surface area contributed by atoms with Gasteiger partial charge < -0.3 is 9.67 Å². The second kappa shape index (κ2) is 4.28. The van der Waals surface area contributed by atoms with E-state index in [1.54, 1.807) is 0 Å². The molecule has 1 heterocycles. The quantitative estimate of drug-likeness (QED) is 0.771. The van der Waals surface area contributed by atoms with Crippen LogP contribution >= 0.6 is 0 Å². The largest absolute Gasteiger partial charge is 0.392 e. The van der Waals surface area contributed by atoms with Crippen molar-refractivity contribution in [1.29, 1.82) is 0 Å². The number of aliphatic hydroxyl groups excluding tert-OH is 1. The van der Waals surface area contributed by atoms with Crippen molar-refractivity contribution >= 4 is 11.0 Å². The summed E-state index contributed by atoms with van der Waals surface area (Å²) in [7, 11) is 0. The molecule has 0 radical (unpaired) electrons. The molecule has 78 valence electrons. The number of aryl methyl sites for hydroxylation is 1. The molecule has 0 atom stereocenters. The van der Waals surface area contributed by atoms with Crippen LogP contribution in [0.5, 0.6) is 0 Å². The average molecular weight is 202 g/mol. The molecule has 1 aromatic heterocycles. The minimum atomic E-state index is 0.0649. The van der Waals surface area contributed by atoms with Crippen LogP contribution in [-0.4, -0.2) is 14.7 Å². The number of hydrogen-bond acceptors (Lipinski definition) is 2. The first-order valence-corrected chi connectivity index (χ1v) is 5.00. The molecule has 2 aromatic rings. The summed E-state index contributed by atoms with van der Waals surface area (Å²) < 4.78 is 2.10. The van der Waals surface area contributed by atoms with Crippen molar-refractivity contribution in [2.24, 2.45) is 0 Å². The van der Waals surface area contributed by atoms with Gasteiger partial charge in [-0.15, -0.1) is 6.58 Å². The predicted molar refractivity (Wildman–Crippen MR) is 60.5 cm³/mol. The lowest BCUT2D eigenvalue weighted by atomic mass is 10.2. The van der Waals surface area contributed by atoms with Crippen LogP contribution in [0.2, 0.25) is 0 Å². The Hall–Kier alpha value is -1.61. The minimum Gasteiger partial charge on any atom is -0.392 e. The first-order chi connectivity index (χ1) is 7.35. The Balaban J connectivity index is 2.38. The Morgan fingerprint density at radius 3 is 3.07 bits per heavy atom. The summed E-state index contributed by atoms with van der Waals surface area (Å²) >= 11 is 0. The van der Waals surface area contributed by atoms with Gasteiger partial charge in [-0.25, -0.2) is 4.98 Å². The van der Waals surface area contributed by atoms with Gasteiger partial charge in [0.15, 0.2) is 0 Å². The molecule has 0 saturated heterocycles. The lowest BCUT2D eigenvalue weighted by Gasteiger charge is -2.01. The SMILES string of the molecule is C=CCCn1cnc2cc(CO)ccc21. The van der Waals surface area contributed by atoms with Crippen molar-refractivity contribution in [3.63, 3.8) is 0 Å². The van der Waals surface area contributed by atoms with Crippen molar-refractivity contribution in [2.75, 3.05) is 0 Å². The lowest BCUT2D eigenvalue weighted by Crippen LogP contribution is -1.94. The topological polar surface area (TPSA) is 38.0 Å². The van der Waals surface area contributed by atoms with Crippen LogP contribution in [0.15, 0.2) is 37.2 Å². The highest BCUT2D eigenvalue weighted by atomic mass is 16.3. The Morgan fingerprint density at radius 2 is 2.33 bits per heavy atom. The Kier molecular flexibility index (Phi) is 2.83. The third kappa shape index (κ3) is 1.92. The van der Waals surface area contributed by atoms with Crippen LogP contribution < -0.4 is 0 Å². The number of aliphatic hydroxyl groups is 1. The molecule has 0 fully saturated rings. The third-order valence-electron chi connectivity index (χ3n) is 2.44. The smallest absolute Gasteiger partial charge is 0.0958 e. The highest BCUT2D eigenvalue weighted by Gasteiger charge is 2.02. The molecule has 0 unspecified atom stereocenters. The van der Waals surface area contributed by atoms with E-state index in [2.05, 4.69) is 16.1 Å². The monoisotopic (exact) mass is 202 g/mol. The molecule has 1 aromatic carbocycles. The summed E-state index contributed by atoms with van der Waals surface area (Å²) in [6.07, 6.45) is 4.66. The highest BCUT2D eigenvalue weighted by molar-refractivity contribution is 5.76. The van der Waals surface area contributed by atoms with E-state index >= 15 is 0 Å². The number of aromatic nitrogens is 2. The van der Waals surface area contributed by atoms with Gasteiger partial charge in [0.05, 0.1) is 24.0 Å². The Bertz CT molecular complexity index is 473. The summed E-state index contributed by atoms with van der Waals surface area (Å²) in [6.45, 7) is 4.67. The van der Waals surface area contributed by atoms with E-state index in [1.165, 1.54) is 0 Å². The fraction of sp³-hybridized carbons (Fsp3) is 0.250. The minimum absolute atomic E-state index is 0.0649. The molecule has 2 rings (SSSR count). The maximum atomic E-state index is 9.00. The molecule has 0 saturated carbocycles. The summed E-state index contributed by atoms with van der Waals surface area (Å²) in [5.41, 5.74) is 2.94. The second-order valence-corrected chi connectivity index (χ2v) is 3.50. The van der Waals surface area contributed by atoms with Gasteiger partial charge >= 0.3 is 0 Å². The van der Waals surface area contributed by atoms with Gasteiger partial charge in [-0.05, 0) is 24.1 Å². The summed E-state index contributed by atoms with van der Waals surface area (Å²) in [5.74, 6) is 0. The lowest BCUT2D eigenvalue weighted by molar-refractivity contribution is 0.282. The summed E-state index contributed by atoms with van der Waals surface area (Å²) in [5, 5.41) is 9.00. The standard InChI is InChI=1S/C12H14N2O/c1-2-3-6-14-9-13-11-7-10(8-15)4-5-12(11)14/h2,4-5,7,9,15H,1,3,6,8H2. The van der Waals surface area contributed by atoms with Gasteiger partial charge in [0.2, 0.25) is 0 Å². The Labute approximate surface area is 88.7 Å². The second-order valence-electron chi connectivity index (χ2n) is 3.50. The average Bonchev–Trinajstić information content (AvgIpc) is 2.68. The number of hydrogen-bond donors (Lipinski definition) is 1. The van der Waals surface area contributed by atoms with Gasteiger partial charge in [0.25, 0.3) is 0 Å². The normalized spacial score (nSPS) is 10.7. The molecule has 3 nitrogen and oxygen atoms in total. The number of fused-ring (bicyclic) bond motifs is 1. The van der Waals surface area contributed by atoms with Crippen LogP contribution in [0.4, 0.5) is 0 Å². The van der Waals surface area contributed by atoms with E-state index in [4.69, 9.17) is 5.11 Å². The molecular formula is C12H14N2O. The van der Waals surface area contributed by atoms with E-state index in [0.717, 1.165) is 29.6 Å². The van der Waals surface area contributed by atoms with E-state index in [9.17, 15) is 0 Å². The molecule has 1 N–H and O–H groups in total. The molecular weight excluding hydrogens is 188 g/mol. The van der Waals surface area contributed by atoms with Crippen molar-refractivity contribution < 1.29 is 5.11 Å². The Morgan fingerprint density at radius 1 is 1.47 bits per heavy atom. The van der Waals surface area contributed by atoms with Gasteiger partial charge in [0.1, 0.15) is 0 Å². The zero-order chi connectivity index (χ0) is 10.7. The van der Waals surface area contributed by atoms with E-state index in [-0.39, 0.29) is 6.61 Å². The molecule has 0 spiro atoms. The highest BCUT2D eigenvalue weighted by Crippen LogP contribution is 2.15. The van der Waals surface area contributed by atoms with E-state index < -0.39 is 0 Å². The first-order valence-electron chi connectivity index (χ1n) is 5.00. The van der Waals surface area contributed by atoms with Crippen LogP contribution in [0.25, 0.3) is 11.0 Å². The maximum absolute atomic E-state index is 9.00. The van der Waals surface area contributed by atoms with Crippen molar-refractivity contribution in [3.05, 3.63) is 42.7 Å². The number of imidazole rings is 1. The van der Waals surface area contributed by atoms with E-state index in [1.807, 2.05) is 30.6 Å². The maximum Gasteiger partial charge on any atom is 0.0958 e.